The first-order valence-corrected chi connectivity index (χ1v) is 10.0. The van der Waals surface area contributed by atoms with Gasteiger partial charge in [-0.1, -0.05) is 18.2 Å². The Kier molecular flexibility index (Phi) is 5.34. The van der Waals surface area contributed by atoms with Gasteiger partial charge in [-0.05, 0) is 50.3 Å². The number of fused-ring (bicyclic) bond motifs is 1. The molecule has 2 aromatic carbocycles. The summed E-state index contributed by atoms with van der Waals surface area (Å²) >= 11 is 0. The molecular weight excluding hydrogens is 364 g/mol. The Morgan fingerprint density at radius 1 is 1.11 bits per heavy atom. The van der Waals surface area contributed by atoms with E-state index in [1.807, 2.05) is 38.1 Å². The van der Waals surface area contributed by atoms with Crippen molar-refractivity contribution in [3.8, 4) is 5.75 Å². The summed E-state index contributed by atoms with van der Waals surface area (Å²) in [4.78, 5) is 12.7. The predicted molar refractivity (Wildman–Crippen MR) is 105 cm³/mol. The van der Waals surface area contributed by atoms with Gasteiger partial charge in [0.15, 0.2) is 0 Å². The zero-order valence-corrected chi connectivity index (χ0v) is 16.3. The minimum Gasteiger partial charge on any atom is -0.488 e. The number of carbonyl (C=O) groups is 1. The van der Waals surface area contributed by atoms with E-state index in [1.54, 1.807) is 25.3 Å². The van der Waals surface area contributed by atoms with Crippen LogP contribution in [0, 0.1) is 0 Å². The standard InChI is InChI=1S/C20H22N2O4S/c1-14(2)22(3)27(24,25)18-10-8-17(9-11-18)21-20(23)16-12-15-6-4-5-7-19(15)26-13-16/h4-12,14H,13H2,1-3H3,(H,21,23). The molecule has 2 aromatic rings. The average Bonchev–Trinajstić information content (AvgIpc) is 2.67. The van der Waals surface area contributed by atoms with E-state index >= 15 is 0 Å². The number of sulfonamides is 1. The van der Waals surface area contributed by atoms with Gasteiger partial charge < -0.3 is 10.1 Å². The van der Waals surface area contributed by atoms with E-state index in [1.165, 1.54) is 16.4 Å². The maximum atomic E-state index is 12.5. The highest BCUT2D eigenvalue weighted by Crippen LogP contribution is 2.26. The van der Waals surface area contributed by atoms with Crippen LogP contribution in [0.3, 0.4) is 0 Å². The molecular formula is C20H22N2O4S. The Morgan fingerprint density at radius 2 is 1.78 bits per heavy atom. The lowest BCUT2D eigenvalue weighted by Gasteiger charge is -2.21. The van der Waals surface area contributed by atoms with Gasteiger partial charge in [0.25, 0.3) is 5.91 Å². The summed E-state index contributed by atoms with van der Waals surface area (Å²) in [6.45, 7) is 3.81. The number of para-hydroxylation sites is 1. The van der Waals surface area contributed by atoms with Crippen molar-refractivity contribution in [3.05, 3.63) is 59.7 Å². The number of amides is 1. The lowest BCUT2D eigenvalue weighted by Crippen LogP contribution is -2.33. The number of nitrogens with zero attached hydrogens (tertiary/aromatic N) is 1. The summed E-state index contributed by atoms with van der Waals surface area (Å²) in [6, 6.07) is 13.5. The van der Waals surface area contributed by atoms with Crippen LogP contribution in [0.2, 0.25) is 0 Å². The second kappa shape index (κ2) is 7.54. The fourth-order valence-corrected chi connectivity index (χ4v) is 3.98. The number of carbonyl (C=O) groups excluding carboxylic acids is 1. The second-order valence-corrected chi connectivity index (χ2v) is 8.59. The van der Waals surface area contributed by atoms with Crippen molar-refractivity contribution in [2.45, 2.75) is 24.8 Å². The SMILES string of the molecule is CC(C)N(C)S(=O)(=O)c1ccc(NC(=O)C2=Cc3ccccc3OC2)cc1. The molecule has 6 nitrogen and oxygen atoms in total. The summed E-state index contributed by atoms with van der Waals surface area (Å²) in [5.74, 6) is 0.470. The monoisotopic (exact) mass is 386 g/mol. The number of benzene rings is 2. The number of rotatable bonds is 5. The zero-order valence-electron chi connectivity index (χ0n) is 15.5. The zero-order chi connectivity index (χ0) is 19.6. The third-order valence-corrected chi connectivity index (χ3v) is 6.49. The van der Waals surface area contributed by atoms with Gasteiger partial charge in [-0.15, -0.1) is 0 Å². The molecule has 1 heterocycles. The summed E-state index contributed by atoms with van der Waals surface area (Å²) in [5, 5.41) is 2.78. The molecule has 27 heavy (non-hydrogen) atoms. The Morgan fingerprint density at radius 3 is 2.44 bits per heavy atom. The smallest absolute Gasteiger partial charge is 0.255 e. The van der Waals surface area contributed by atoms with Crippen molar-refractivity contribution in [2.75, 3.05) is 19.0 Å². The third kappa shape index (κ3) is 4.04. The molecule has 0 atom stereocenters. The highest BCUT2D eigenvalue weighted by molar-refractivity contribution is 7.89. The first kappa shape index (κ1) is 19.1. The van der Waals surface area contributed by atoms with Crippen molar-refractivity contribution in [1.29, 1.82) is 0 Å². The minimum absolute atomic E-state index is 0.143. The molecule has 0 unspecified atom stereocenters. The fourth-order valence-electron chi connectivity index (χ4n) is 2.61. The van der Waals surface area contributed by atoms with E-state index in [2.05, 4.69) is 5.32 Å². The van der Waals surface area contributed by atoms with Crippen LogP contribution in [0.15, 0.2) is 59.0 Å². The summed E-state index contributed by atoms with van der Waals surface area (Å²) in [7, 11) is -2.00. The van der Waals surface area contributed by atoms with Crippen LogP contribution in [0.4, 0.5) is 5.69 Å². The number of nitrogens with one attached hydrogen (secondary N) is 1. The third-order valence-electron chi connectivity index (χ3n) is 4.44. The Labute approximate surface area is 159 Å². The molecule has 0 saturated heterocycles. The topological polar surface area (TPSA) is 75.7 Å². The van der Waals surface area contributed by atoms with Crippen molar-refractivity contribution < 1.29 is 17.9 Å². The van der Waals surface area contributed by atoms with Gasteiger partial charge in [-0.25, -0.2) is 8.42 Å². The average molecular weight is 386 g/mol. The molecule has 0 fully saturated rings. The molecule has 0 spiro atoms. The molecule has 0 saturated carbocycles. The van der Waals surface area contributed by atoms with Crippen molar-refractivity contribution in [1.82, 2.24) is 4.31 Å². The number of hydrogen-bond acceptors (Lipinski definition) is 4. The highest BCUT2D eigenvalue weighted by atomic mass is 32.2. The van der Waals surface area contributed by atoms with Gasteiger partial charge in [0, 0.05) is 24.3 Å². The van der Waals surface area contributed by atoms with Gasteiger partial charge in [0.2, 0.25) is 10.0 Å². The van der Waals surface area contributed by atoms with Crippen molar-refractivity contribution >= 4 is 27.7 Å². The number of ether oxygens (including phenoxy) is 1. The van der Waals surface area contributed by atoms with Crippen molar-refractivity contribution in [3.63, 3.8) is 0 Å². The van der Waals surface area contributed by atoms with Crippen LogP contribution >= 0.6 is 0 Å². The summed E-state index contributed by atoms with van der Waals surface area (Å²) in [6.07, 6.45) is 1.80. The molecule has 1 N–H and O–H groups in total. The molecule has 0 aliphatic carbocycles. The summed E-state index contributed by atoms with van der Waals surface area (Å²) < 4.78 is 31.9. The van der Waals surface area contributed by atoms with Gasteiger partial charge in [0.1, 0.15) is 12.4 Å². The molecule has 0 radical (unpaired) electrons. The molecule has 1 aliphatic heterocycles. The maximum absolute atomic E-state index is 12.5. The lowest BCUT2D eigenvalue weighted by molar-refractivity contribution is -0.113. The molecule has 0 aromatic heterocycles. The molecule has 1 aliphatic rings. The van der Waals surface area contributed by atoms with Gasteiger partial charge >= 0.3 is 0 Å². The van der Waals surface area contributed by atoms with Crippen LogP contribution in [0.1, 0.15) is 19.4 Å². The van der Waals surface area contributed by atoms with Crippen LogP contribution < -0.4 is 10.1 Å². The van der Waals surface area contributed by atoms with Gasteiger partial charge in [0.05, 0.1) is 10.5 Å². The largest absolute Gasteiger partial charge is 0.488 e. The first-order chi connectivity index (χ1) is 12.8. The lowest BCUT2D eigenvalue weighted by atomic mass is 10.1. The maximum Gasteiger partial charge on any atom is 0.255 e. The normalized spacial score (nSPS) is 13.7. The quantitative estimate of drug-likeness (QED) is 0.857. The second-order valence-electron chi connectivity index (χ2n) is 6.59. The molecule has 3 rings (SSSR count). The van der Waals surface area contributed by atoms with E-state index in [4.69, 9.17) is 4.74 Å². The first-order valence-electron chi connectivity index (χ1n) is 8.61. The van der Waals surface area contributed by atoms with E-state index < -0.39 is 10.0 Å². The van der Waals surface area contributed by atoms with E-state index in [9.17, 15) is 13.2 Å². The minimum atomic E-state index is -3.55. The Bertz CT molecular complexity index is 979. The van der Waals surface area contributed by atoms with Crippen molar-refractivity contribution in [2.24, 2.45) is 0 Å². The number of hydrogen-bond donors (Lipinski definition) is 1. The van der Waals surface area contributed by atoms with E-state index in [0.717, 1.165) is 11.3 Å². The fraction of sp³-hybridized carbons (Fsp3) is 0.250. The summed E-state index contributed by atoms with van der Waals surface area (Å²) in [5.41, 5.74) is 1.88. The highest BCUT2D eigenvalue weighted by Gasteiger charge is 2.23. The van der Waals surface area contributed by atoms with Crippen LogP contribution in [-0.2, 0) is 14.8 Å². The van der Waals surface area contributed by atoms with Gasteiger partial charge in [-0.3, -0.25) is 4.79 Å². The van der Waals surface area contributed by atoms with Crippen LogP contribution in [-0.4, -0.2) is 38.3 Å². The Balaban J connectivity index is 1.74. The van der Waals surface area contributed by atoms with Crippen LogP contribution in [0.5, 0.6) is 5.75 Å². The molecule has 142 valence electrons. The Hall–Kier alpha value is -2.64. The van der Waals surface area contributed by atoms with E-state index in [0.29, 0.717) is 11.3 Å². The van der Waals surface area contributed by atoms with E-state index in [-0.39, 0.29) is 23.5 Å². The predicted octanol–water partition coefficient (Wildman–Crippen LogP) is 3.13. The molecule has 0 bridgehead atoms. The van der Waals surface area contributed by atoms with Crippen LogP contribution in [0.25, 0.3) is 6.08 Å². The number of anilines is 1. The molecule has 1 amide bonds. The molecule has 7 heteroatoms. The van der Waals surface area contributed by atoms with Gasteiger partial charge in [-0.2, -0.15) is 4.31 Å².